The number of aryl methyl sites for hydroxylation is 1. The lowest BCUT2D eigenvalue weighted by atomic mass is 10.1. The van der Waals surface area contributed by atoms with Gasteiger partial charge in [0.05, 0.1) is 13.0 Å². The summed E-state index contributed by atoms with van der Waals surface area (Å²) in [5, 5.41) is 4.08. The zero-order valence-electron chi connectivity index (χ0n) is 10.0. The maximum Gasteiger partial charge on any atom is 0.0938 e. The van der Waals surface area contributed by atoms with Crippen molar-refractivity contribution in [3.63, 3.8) is 0 Å². The highest BCUT2D eigenvalue weighted by atomic mass is 15.3. The highest BCUT2D eigenvalue weighted by Gasteiger charge is 1.92. The summed E-state index contributed by atoms with van der Waals surface area (Å²) in [6, 6.07) is 8.28. The first-order chi connectivity index (χ1) is 8.34. The van der Waals surface area contributed by atoms with Gasteiger partial charge < -0.3 is 0 Å². The van der Waals surface area contributed by atoms with Gasteiger partial charge in [0.25, 0.3) is 0 Å². The van der Waals surface area contributed by atoms with Crippen LogP contribution in [0.2, 0.25) is 0 Å². The summed E-state index contributed by atoms with van der Waals surface area (Å²) in [5.41, 5.74) is 5.43. The lowest BCUT2D eigenvalue weighted by molar-refractivity contribution is 0.840. The Morgan fingerprint density at radius 2 is 2.18 bits per heavy atom. The first-order valence-electron chi connectivity index (χ1n) is 5.52. The molecule has 0 saturated carbocycles. The van der Waals surface area contributed by atoms with E-state index in [0.29, 0.717) is 13.0 Å². The molecule has 0 unspecified atom stereocenters. The molecule has 0 heterocycles. The molecule has 2 nitrogen and oxygen atoms in total. The summed E-state index contributed by atoms with van der Waals surface area (Å²) in [6.45, 7) is 2.63. The summed E-state index contributed by atoms with van der Waals surface area (Å²) in [6.07, 6.45) is 8.24. The second-order valence-electron chi connectivity index (χ2n) is 3.51. The number of benzene rings is 1. The largest absolute Gasteiger partial charge is 0.298 e. The van der Waals surface area contributed by atoms with Crippen LogP contribution in [0.15, 0.2) is 29.4 Å². The molecule has 1 aromatic rings. The molecule has 2 heteroatoms. The predicted molar refractivity (Wildman–Crippen MR) is 72.6 cm³/mol. The van der Waals surface area contributed by atoms with Crippen molar-refractivity contribution < 1.29 is 0 Å². The first-order valence-corrected chi connectivity index (χ1v) is 5.52. The van der Waals surface area contributed by atoms with Crippen LogP contribution in [-0.4, -0.2) is 12.8 Å². The molecule has 0 bridgehead atoms. The van der Waals surface area contributed by atoms with Crippen molar-refractivity contribution in [2.75, 3.05) is 6.54 Å². The Morgan fingerprint density at radius 3 is 2.94 bits per heavy atom. The molecule has 0 amide bonds. The van der Waals surface area contributed by atoms with Crippen molar-refractivity contribution in [2.24, 2.45) is 5.10 Å². The van der Waals surface area contributed by atoms with E-state index < -0.39 is 0 Å². The van der Waals surface area contributed by atoms with Crippen LogP contribution in [0.3, 0.4) is 0 Å². The zero-order valence-corrected chi connectivity index (χ0v) is 10.0. The summed E-state index contributed by atoms with van der Waals surface area (Å²) in [5.74, 6) is 8.17. The normalized spacial score (nSPS) is 9.41. The number of terminal acetylenes is 1. The quantitative estimate of drug-likeness (QED) is 0.360. The van der Waals surface area contributed by atoms with Crippen molar-refractivity contribution in [2.45, 2.75) is 19.8 Å². The Kier molecular flexibility index (Phi) is 6.07. The molecular formula is C15H16N2. The van der Waals surface area contributed by atoms with E-state index in [2.05, 4.69) is 47.3 Å². The molecule has 86 valence electrons. The molecule has 1 rings (SSSR count). The Balaban J connectivity index is 2.26. The average Bonchev–Trinajstić information content (AvgIpc) is 2.35. The molecule has 0 aliphatic heterocycles. The van der Waals surface area contributed by atoms with Gasteiger partial charge in [0.15, 0.2) is 0 Å². The molecule has 0 spiro atoms. The van der Waals surface area contributed by atoms with Gasteiger partial charge in [-0.2, -0.15) is 5.10 Å². The van der Waals surface area contributed by atoms with Gasteiger partial charge in [0, 0.05) is 12.6 Å². The fourth-order valence-electron chi connectivity index (χ4n) is 1.31. The number of nitrogens with zero attached hydrogens (tertiary/aromatic N) is 1. The second-order valence-corrected chi connectivity index (χ2v) is 3.51. The van der Waals surface area contributed by atoms with E-state index in [0.717, 1.165) is 6.42 Å². The predicted octanol–water partition coefficient (Wildman–Crippen LogP) is 2.14. The number of nitrogens with one attached hydrogen (secondary N) is 1. The minimum absolute atomic E-state index is 0.495. The Labute approximate surface area is 103 Å². The first kappa shape index (κ1) is 12.9. The van der Waals surface area contributed by atoms with Gasteiger partial charge in [-0.05, 0) is 18.1 Å². The maximum atomic E-state index is 5.07. The van der Waals surface area contributed by atoms with Crippen LogP contribution in [0.4, 0.5) is 0 Å². The number of rotatable bonds is 4. The molecule has 1 N–H and O–H groups in total. The Bertz CT molecular complexity index is 470. The molecule has 0 aromatic heterocycles. The smallest absolute Gasteiger partial charge is 0.0938 e. The van der Waals surface area contributed by atoms with E-state index in [9.17, 15) is 0 Å². The van der Waals surface area contributed by atoms with E-state index >= 15 is 0 Å². The van der Waals surface area contributed by atoms with Crippen LogP contribution in [0.1, 0.15) is 17.5 Å². The van der Waals surface area contributed by atoms with E-state index in [1.54, 1.807) is 0 Å². The third kappa shape index (κ3) is 5.44. The number of hydrogen-bond donors (Lipinski definition) is 1. The van der Waals surface area contributed by atoms with Crippen molar-refractivity contribution in [3.8, 4) is 24.2 Å². The summed E-state index contributed by atoms with van der Waals surface area (Å²) < 4.78 is 0. The fourth-order valence-corrected chi connectivity index (χ4v) is 1.31. The van der Waals surface area contributed by atoms with E-state index in [1.807, 2.05) is 18.3 Å². The molecule has 0 atom stereocenters. The van der Waals surface area contributed by atoms with Gasteiger partial charge in [-0.1, -0.05) is 42.0 Å². The van der Waals surface area contributed by atoms with Gasteiger partial charge >= 0.3 is 0 Å². The molecule has 0 saturated heterocycles. The van der Waals surface area contributed by atoms with Gasteiger partial charge in [0.2, 0.25) is 0 Å². The Morgan fingerprint density at radius 1 is 1.35 bits per heavy atom. The standard InChI is InChI=1S/C15H16N2/c1-3-4-5-8-12-16-17-13-11-15-10-7-6-9-14(15)2/h1,6-7,9-10,13,16H,4,11-12H2,2H3/b17-13+. The van der Waals surface area contributed by atoms with Gasteiger partial charge in [-0.3, -0.25) is 5.43 Å². The molecular weight excluding hydrogens is 208 g/mol. The molecule has 0 aliphatic carbocycles. The molecule has 0 fully saturated rings. The maximum absolute atomic E-state index is 5.07. The van der Waals surface area contributed by atoms with E-state index in [-0.39, 0.29) is 0 Å². The highest BCUT2D eigenvalue weighted by molar-refractivity contribution is 5.61. The van der Waals surface area contributed by atoms with Crippen LogP contribution < -0.4 is 5.43 Å². The van der Waals surface area contributed by atoms with Crippen molar-refractivity contribution in [1.82, 2.24) is 5.43 Å². The highest BCUT2D eigenvalue weighted by Crippen LogP contribution is 2.05. The van der Waals surface area contributed by atoms with Crippen LogP contribution in [0.5, 0.6) is 0 Å². The number of hydrogen-bond acceptors (Lipinski definition) is 2. The topological polar surface area (TPSA) is 24.4 Å². The van der Waals surface area contributed by atoms with Gasteiger partial charge in [-0.25, -0.2) is 0 Å². The fraction of sp³-hybridized carbons (Fsp3) is 0.267. The van der Waals surface area contributed by atoms with Crippen molar-refractivity contribution in [1.29, 1.82) is 0 Å². The van der Waals surface area contributed by atoms with Crippen LogP contribution in [0.25, 0.3) is 0 Å². The van der Waals surface area contributed by atoms with Crippen molar-refractivity contribution in [3.05, 3.63) is 35.4 Å². The van der Waals surface area contributed by atoms with Crippen molar-refractivity contribution >= 4 is 6.21 Å². The van der Waals surface area contributed by atoms with Crippen LogP contribution >= 0.6 is 0 Å². The molecule has 1 aromatic carbocycles. The lowest BCUT2D eigenvalue weighted by Gasteiger charge is -2.00. The molecule has 0 aliphatic rings. The third-order valence-electron chi connectivity index (χ3n) is 2.24. The second kappa shape index (κ2) is 8.02. The van der Waals surface area contributed by atoms with Crippen LogP contribution in [0, 0.1) is 31.1 Å². The minimum atomic E-state index is 0.495. The lowest BCUT2D eigenvalue weighted by Crippen LogP contribution is -2.05. The van der Waals surface area contributed by atoms with Gasteiger partial charge in [0.1, 0.15) is 0 Å². The monoisotopic (exact) mass is 224 g/mol. The summed E-state index contributed by atoms with van der Waals surface area (Å²) in [7, 11) is 0. The Hall–Kier alpha value is -2.19. The minimum Gasteiger partial charge on any atom is -0.298 e. The molecule has 0 radical (unpaired) electrons. The van der Waals surface area contributed by atoms with E-state index in [1.165, 1.54) is 11.1 Å². The van der Waals surface area contributed by atoms with Crippen LogP contribution in [-0.2, 0) is 6.42 Å². The van der Waals surface area contributed by atoms with Gasteiger partial charge in [-0.15, -0.1) is 6.42 Å². The summed E-state index contributed by atoms with van der Waals surface area (Å²) >= 11 is 0. The molecule has 17 heavy (non-hydrogen) atoms. The zero-order chi connectivity index (χ0) is 12.3. The average molecular weight is 224 g/mol. The SMILES string of the molecule is C#CCC#CCN/N=C/Cc1ccccc1C. The summed E-state index contributed by atoms with van der Waals surface area (Å²) in [4.78, 5) is 0. The number of hydrazone groups is 1. The van der Waals surface area contributed by atoms with E-state index in [4.69, 9.17) is 6.42 Å². The third-order valence-corrected chi connectivity index (χ3v) is 2.24.